The van der Waals surface area contributed by atoms with Crippen LogP contribution >= 0.6 is 0 Å². The molecule has 2 N–H and O–H groups in total. The van der Waals surface area contributed by atoms with Gasteiger partial charge < -0.3 is 20.3 Å². The first-order valence-electron chi connectivity index (χ1n) is 8.21. The van der Waals surface area contributed by atoms with Crippen LogP contribution in [0.15, 0.2) is 48.7 Å². The minimum atomic E-state index is 0.416. The van der Waals surface area contributed by atoms with Gasteiger partial charge in [0.15, 0.2) is 5.82 Å². The maximum atomic E-state index is 5.38. The van der Waals surface area contributed by atoms with Gasteiger partial charge in [-0.3, -0.25) is 0 Å². The van der Waals surface area contributed by atoms with Crippen LogP contribution in [0.25, 0.3) is 0 Å². The molecular formula is C19H22N6O. The summed E-state index contributed by atoms with van der Waals surface area (Å²) in [5, 5.41) is 14.4. The summed E-state index contributed by atoms with van der Waals surface area (Å²) >= 11 is 0. The Morgan fingerprint density at radius 2 is 1.77 bits per heavy atom. The van der Waals surface area contributed by atoms with E-state index in [9.17, 15) is 0 Å². The highest BCUT2D eigenvalue weighted by Gasteiger charge is 2.07. The predicted molar refractivity (Wildman–Crippen MR) is 105 cm³/mol. The van der Waals surface area contributed by atoms with E-state index >= 15 is 0 Å². The van der Waals surface area contributed by atoms with E-state index in [0.717, 1.165) is 28.4 Å². The second-order valence-corrected chi connectivity index (χ2v) is 6.06. The van der Waals surface area contributed by atoms with Gasteiger partial charge in [-0.2, -0.15) is 10.1 Å². The molecule has 0 spiro atoms. The Balaban J connectivity index is 1.77. The fourth-order valence-electron chi connectivity index (χ4n) is 2.45. The summed E-state index contributed by atoms with van der Waals surface area (Å²) < 4.78 is 5.38. The summed E-state index contributed by atoms with van der Waals surface area (Å²) in [5.74, 6) is 1.73. The molecule has 0 bridgehead atoms. The third kappa shape index (κ3) is 4.18. The van der Waals surface area contributed by atoms with Crippen LogP contribution in [0.3, 0.4) is 0 Å². The van der Waals surface area contributed by atoms with Gasteiger partial charge in [0.05, 0.1) is 19.0 Å². The van der Waals surface area contributed by atoms with E-state index in [1.807, 2.05) is 68.4 Å². The van der Waals surface area contributed by atoms with Crippen molar-refractivity contribution in [3.05, 3.63) is 54.2 Å². The Bertz CT molecular complexity index is 879. The van der Waals surface area contributed by atoms with Crippen molar-refractivity contribution in [2.24, 2.45) is 0 Å². The number of hydrogen-bond donors (Lipinski definition) is 2. The van der Waals surface area contributed by atoms with Gasteiger partial charge in [0.25, 0.3) is 0 Å². The lowest BCUT2D eigenvalue weighted by molar-refractivity contribution is 0.416. The number of nitrogens with zero attached hydrogens (tertiary/aromatic N) is 4. The molecule has 2 aromatic carbocycles. The Morgan fingerprint density at radius 1 is 1.00 bits per heavy atom. The smallest absolute Gasteiger partial charge is 0.249 e. The van der Waals surface area contributed by atoms with Crippen molar-refractivity contribution in [2.75, 3.05) is 36.7 Å². The second-order valence-electron chi connectivity index (χ2n) is 6.06. The molecule has 0 aliphatic carbocycles. The summed E-state index contributed by atoms with van der Waals surface area (Å²) in [6, 6.07) is 13.9. The van der Waals surface area contributed by atoms with E-state index in [1.54, 1.807) is 13.3 Å². The zero-order valence-electron chi connectivity index (χ0n) is 15.3. The van der Waals surface area contributed by atoms with Gasteiger partial charge in [0, 0.05) is 25.5 Å². The highest BCUT2D eigenvalue weighted by Crippen LogP contribution is 2.28. The molecule has 0 atom stereocenters. The molecule has 0 saturated carbocycles. The number of benzene rings is 2. The molecule has 7 nitrogen and oxygen atoms in total. The Hall–Kier alpha value is -3.35. The number of rotatable bonds is 6. The van der Waals surface area contributed by atoms with Crippen LogP contribution in [0, 0.1) is 6.92 Å². The lowest BCUT2D eigenvalue weighted by atomic mass is 10.2. The van der Waals surface area contributed by atoms with Crippen LogP contribution in [0.4, 0.5) is 28.8 Å². The van der Waals surface area contributed by atoms with Crippen LogP contribution in [0.5, 0.6) is 5.75 Å². The molecule has 0 amide bonds. The first-order valence-corrected chi connectivity index (χ1v) is 8.21. The minimum absolute atomic E-state index is 0.416. The van der Waals surface area contributed by atoms with Crippen LogP contribution in [-0.4, -0.2) is 36.4 Å². The number of ether oxygens (including phenoxy) is 1. The van der Waals surface area contributed by atoms with Crippen molar-refractivity contribution in [1.82, 2.24) is 15.2 Å². The lowest BCUT2D eigenvalue weighted by Crippen LogP contribution is -2.08. The molecule has 3 aromatic rings. The van der Waals surface area contributed by atoms with E-state index < -0.39 is 0 Å². The SMILES string of the molecule is COc1ccc(C)cc1Nc1cnnc(Nc2ccc(N(C)C)cc2)n1. The van der Waals surface area contributed by atoms with Crippen molar-refractivity contribution in [1.29, 1.82) is 0 Å². The Morgan fingerprint density at radius 3 is 2.46 bits per heavy atom. The average molecular weight is 350 g/mol. The van der Waals surface area contributed by atoms with Gasteiger partial charge in [-0.25, -0.2) is 0 Å². The molecule has 0 saturated heterocycles. The van der Waals surface area contributed by atoms with Crippen molar-refractivity contribution in [3.63, 3.8) is 0 Å². The van der Waals surface area contributed by atoms with E-state index in [0.29, 0.717) is 11.8 Å². The molecule has 26 heavy (non-hydrogen) atoms. The van der Waals surface area contributed by atoms with Crippen molar-refractivity contribution >= 4 is 28.8 Å². The molecule has 7 heteroatoms. The predicted octanol–water partition coefficient (Wildman–Crippen LogP) is 3.74. The molecule has 0 radical (unpaired) electrons. The minimum Gasteiger partial charge on any atom is -0.495 e. The highest BCUT2D eigenvalue weighted by molar-refractivity contribution is 5.66. The molecule has 1 heterocycles. The second kappa shape index (κ2) is 7.69. The quantitative estimate of drug-likeness (QED) is 0.701. The van der Waals surface area contributed by atoms with E-state index in [-0.39, 0.29) is 0 Å². The van der Waals surface area contributed by atoms with Crippen LogP contribution in [0.1, 0.15) is 5.56 Å². The van der Waals surface area contributed by atoms with Crippen molar-refractivity contribution < 1.29 is 4.74 Å². The normalized spacial score (nSPS) is 10.3. The van der Waals surface area contributed by atoms with Crippen LogP contribution in [0.2, 0.25) is 0 Å². The van der Waals surface area contributed by atoms with E-state index in [1.165, 1.54) is 0 Å². The number of nitrogens with one attached hydrogen (secondary N) is 2. The van der Waals surface area contributed by atoms with Gasteiger partial charge in [0.2, 0.25) is 5.95 Å². The number of aryl methyl sites for hydroxylation is 1. The molecule has 0 unspecified atom stereocenters. The Kier molecular flexibility index (Phi) is 5.17. The molecule has 3 rings (SSSR count). The molecule has 0 aliphatic heterocycles. The fourth-order valence-corrected chi connectivity index (χ4v) is 2.45. The first-order chi connectivity index (χ1) is 12.5. The van der Waals surface area contributed by atoms with Gasteiger partial charge in [-0.15, -0.1) is 5.10 Å². The molecule has 1 aromatic heterocycles. The highest BCUT2D eigenvalue weighted by atomic mass is 16.5. The van der Waals surface area contributed by atoms with Crippen LogP contribution in [-0.2, 0) is 0 Å². The average Bonchev–Trinajstić information content (AvgIpc) is 2.63. The van der Waals surface area contributed by atoms with Gasteiger partial charge in [-0.1, -0.05) is 6.07 Å². The molecule has 134 valence electrons. The van der Waals surface area contributed by atoms with Gasteiger partial charge in [-0.05, 0) is 48.9 Å². The van der Waals surface area contributed by atoms with Crippen LogP contribution < -0.4 is 20.3 Å². The van der Waals surface area contributed by atoms with Crippen molar-refractivity contribution in [3.8, 4) is 5.75 Å². The van der Waals surface area contributed by atoms with Crippen molar-refractivity contribution in [2.45, 2.75) is 6.92 Å². The summed E-state index contributed by atoms with van der Waals surface area (Å²) in [7, 11) is 5.65. The molecule has 0 fully saturated rings. The zero-order chi connectivity index (χ0) is 18.5. The molecule has 0 aliphatic rings. The zero-order valence-corrected chi connectivity index (χ0v) is 15.3. The maximum absolute atomic E-state index is 5.38. The number of aromatic nitrogens is 3. The number of hydrogen-bond acceptors (Lipinski definition) is 7. The first kappa shape index (κ1) is 17.5. The monoisotopic (exact) mass is 350 g/mol. The maximum Gasteiger partial charge on any atom is 0.249 e. The Labute approximate surface area is 153 Å². The number of methoxy groups -OCH3 is 1. The van der Waals surface area contributed by atoms with E-state index in [2.05, 4.69) is 25.8 Å². The van der Waals surface area contributed by atoms with E-state index in [4.69, 9.17) is 4.74 Å². The third-order valence-corrected chi connectivity index (χ3v) is 3.82. The van der Waals surface area contributed by atoms with Gasteiger partial charge >= 0.3 is 0 Å². The number of anilines is 5. The fraction of sp³-hybridized carbons (Fsp3) is 0.211. The largest absolute Gasteiger partial charge is 0.495 e. The lowest BCUT2D eigenvalue weighted by Gasteiger charge is -2.13. The standard InChI is InChI=1S/C19H22N6O/c1-13-5-10-17(26-4)16(11-13)22-18-12-20-24-19(23-18)21-14-6-8-15(9-7-14)25(2)3/h5-12H,1-4H3,(H2,21,22,23,24). The summed E-state index contributed by atoms with van der Waals surface area (Å²) in [6.07, 6.45) is 1.57. The summed E-state index contributed by atoms with van der Waals surface area (Å²) in [5.41, 5.74) is 3.96. The van der Waals surface area contributed by atoms with Gasteiger partial charge in [0.1, 0.15) is 5.75 Å². The molecular weight excluding hydrogens is 328 g/mol. The topological polar surface area (TPSA) is 75.2 Å². The summed E-state index contributed by atoms with van der Waals surface area (Å²) in [4.78, 5) is 6.51. The summed E-state index contributed by atoms with van der Waals surface area (Å²) in [6.45, 7) is 2.02. The third-order valence-electron chi connectivity index (χ3n) is 3.82.